The third-order valence-electron chi connectivity index (χ3n) is 3.02. The van der Waals surface area contributed by atoms with E-state index in [9.17, 15) is 4.79 Å². The summed E-state index contributed by atoms with van der Waals surface area (Å²) in [6.45, 7) is 0.453. The zero-order chi connectivity index (χ0) is 12.3. The molecule has 17 heavy (non-hydrogen) atoms. The number of carbonyl (C=O) groups excluding carboxylic acids is 1. The van der Waals surface area contributed by atoms with Crippen molar-refractivity contribution in [3.8, 4) is 11.5 Å². The number of carbonyl (C=O) groups is 1. The second-order valence-electron chi connectivity index (χ2n) is 4.03. The highest BCUT2D eigenvalue weighted by molar-refractivity contribution is 5.70. The van der Waals surface area contributed by atoms with Crippen molar-refractivity contribution >= 4 is 5.97 Å². The average Bonchev–Trinajstić information content (AvgIpc) is 2.39. The van der Waals surface area contributed by atoms with Gasteiger partial charge in [0.05, 0.1) is 20.8 Å². The Morgan fingerprint density at radius 1 is 1.24 bits per heavy atom. The third-order valence-corrected chi connectivity index (χ3v) is 3.02. The second kappa shape index (κ2) is 5.08. The van der Waals surface area contributed by atoms with Crippen LogP contribution in [0.5, 0.6) is 11.5 Å². The van der Waals surface area contributed by atoms with Gasteiger partial charge in [0.2, 0.25) is 0 Å². The van der Waals surface area contributed by atoms with Crippen molar-refractivity contribution in [2.24, 2.45) is 0 Å². The predicted molar refractivity (Wildman–Crippen MR) is 62.5 cm³/mol. The van der Waals surface area contributed by atoms with Gasteiger partial charge in [-0.15, -0.1) is 0 Å². The summed E-state index contributed by atoms with van der Waals surface area (Å²) < 4.78 is 15.5. The molecule has 92 valence electrons. The van der Waals surface area contributed by atoms with Crippen LogP contribution in [-0.4, -0.2) is 26.8 Å². The van der Waals surface area contributed by atoms with E-state index < -0.39 is 0 Å². The molecule has 0 aliphatic carbocycles. The Morgan fingerprint density at radius 3 is 2.59 bits per heavy atom. The minimum absolute atomic E-state index is 0.110. The largest absolute Gasteiger partial charge is 0.493 e. The third kappa shape index (κ3) is 2.52. The SMILES string of the molecule is COc1ccc([C@@H]2CCC(=O)OC2)cc1OC. The Balaban J connectivity index is 2.18. The molecule has 2 rings (SSSR count). The van der Waals surface area contributed by atoms with E-state index in [-0.39, 0.29) is 11.9 Å². The molecule has 0 radical (unpaired) electrons. The lowest BCUT2D eigenvalue weighted by Crippen LogP contribution is -2.20. The van der Waals surface area contributed by atoms with E-state index in [1.54, 1.807) is 14.2 Å². The van der Waals surface area contributed by atoms with Crippen LogP contribution in [0.1, 0.15) is 24.3 Å². The lowest BCUT2D eigenvalue weighted by atomic mass is 9.93. The van der Waals surface area contributed by atoms with Crippen molar-refractivity contribution in [2.75, 3.05) is 20.8 Å². The fourth-order valence-corrected chi connectivity index (χ4v) is 2.01. The van der Waals surface area contributed by atoms with Crippen LogP contribution in [0.25, 0.3) is 0 Å². The van der Waals surface area contributed by atoms with Gasteiger partial charge in [0, 0.05) is 12.3 Å². The van der Waals surface area contributed by atoms with E-state index in [0.29, 0.717) is 24.5 Å². The standard InChI is InChI=1S/C13H16O4/c1-15-11-5-3-9(7-12(11)16-2)10-4-6-13(14)17-8-10/h3,5,7,10H,4,6,8H2,1-2H3/t10-/m1/s1. The fraction of sp³-hybridized carbons (Fsp3) is 0.462. The fourth-order valence-electron chi connectivity index (χ4n) is 2.01. The molecule has 1 aromatic rings. The van der Waals surface area contributed by atoms with Crippen molar-refractivity contribution in [1.82, 2.24) is 0 Å². The summed E-state index contributed by atoms with van der Waals surface area (Å²) in [6.07, 6.45) is 1.31. The first-order valence-electron chi connectivity index (χ1n) is 5.62. The number of esters is 1. The van der Waals surface area contributed by atoms with E-state index >= 15 is 0 Å². The van der Waals surface area contributed by atoms with Gasteiger partial charge in [-0.1, -0.05) is 6.07 Å². The van der Waals surface area contributed by atoms with Crippen LogP contribution >= 0.6 is 0 Å². The van der Waals surface area contributed by atoms with Crippen molar-refractivity contribution in [2.45, 2.75) is 18.8 Å². The van der Waals surface area contributed by atoms with Crippen LogP contribution < -0.4 is 9.47 Å². The van der Waals surface area contributed by atoms with Crippen molar-refractivity contribution in [3.05, 3.63) is 23.8 Å². The number of rotatable bonds is 3. The molecule has 0 bridgehead atoms. The summed E-state index contributed by atoms with van der Waals surface area (Å²) in [5.41, 5.74) is 1.12. The molecule has 1 fully saturated rings. The molecule has 1 aromatic carbocycles. The van der Waals surface area contributed by atoms with Crippen LogP contribution in [0.3, 0.4) is 0 Å². The Morgan fingerprint density at radius 2 is 2.00 bits per heavy atom. The Hall–Kier alpha value is -1.71. The molecule has 0 amide bonds. The quantitative estimate of drug-likeness (QED) is 0.754. The number of hydrogen-bond donors (Lipinski definition) is 0. The van der Waals surface area contributed by atoms with Crippen molar-refractivity contribution in [1.29, 1.82) is 0 Å². The normalized spacial score (nSPS) is 19.6. The van der Waals surface area contributed by atoms with Gasteiger partial charge in [0.15, 0.2) is 11.5 Å². The number of benzene rings is 1. The van der Waals surface area contributed by atoms with Gasteiger partial charge in [0.1, 0.15) is 0 Å². The van der Waals surface area contributed by atoms with Gasteiger partial charge < -0.3 is 14.2 Å². The van der Waals surface area contributed by atoms with Gasteiger partial charge in [0.25, 0.3) is 0 Å². The zero-order valence-electron chi connectivity index (χ0n) is 10.1. The lowest BCUT2D eigenvalue weighted by Gasteiger charge is -2.22. The molecule has 1 saturated heterocycles. The number of ether oxygens (including phenoxy) is 3. The lowest BCUT2D eigenvalue weighted by molar-refractivity contribution is -0.147. The molecule has 0 aromatic heterocycles. The van der Waals surface area contributed by atoms with Gasteiger partial charge in [-0.05, 0) is 24.1 Å². The zero-order valence-corrected chi connectivity index (χ0v) is 10.1. The highest BCUT2D eigenvalue weighted by Crippen LogP contribution is 2.33. The van der Waals surface area contributed by atoms with Gasteiger partial charge >= 0.3 is 5.97 Å². The Kier molecular flexibility index (Phi) is 3.52. The minimum atomic E-state index is -0.110. The van der Waals surface area contributed by atoms with E-state index in [4.69, 9.17) is 14.2 Å². The summed E-state index contributed by atoms with van der Waals surface area (Å²) in [4.78, 5) is 11.0. The molecule has 1 heterocycles. The topological polar surface area (TPSA) is 44.8 Å². The summed E-state index contributed by atoms with van der Waals surface area (Å²) in [7, 11) is 3.22. The van der Waals surface area contributed by atoms with Gasteiger partial charge in [-0.2, -0.15) is 0 Å². The first kappa shape index (κ1) is 11.8. The maximum absolute atomic E-state index is 11.0. The maximum atomic E-state index is 11.0. The second-order valence-corrected chi connectivity index (χ2v) is 4.03. The number of methoxy groups -OCH3 is 2. The van der Waals surface area contributed by atoms with E-state index in [1.165, 1.54) is 0 Å². The van der Waals surface area contributed by atoms with E-state index in [2.05, 4.69) is 0 Å². The highest BCUT2D eigenvalue weighted by atomic mass is 16.5. The summed E-state index contributed by atoms with van der Waals surface area (Å²) in [6, 6.07) is 5.82. The van der Waals surface area contributed by atoms with Crippen molar-refractivity contribution in [3.63, 3.8) is 0 Å². The summed E-state index contributed by atoms with van der Waals surface area (Å²) in [5.74, 6) is 1.57. The summed E-state index contributed by atoms with van der Waals surface area (Å²) >= 11 is 0. The van der Waals surface area contributed by atoms with Gasteiger partial charge in [-0.25, -0.2) is 0 Å². The van der Waals surface area contributed by atoms with Crippen LogP contribution in [0.2, 0.25) is 0 Å². The van der Waals surface area contributed by atoms with Crippen LogP contribution in [-0.2, 0) is 9.53 Å². The molecule has 0 spiro atoms. The summed E-state index contributed by atoms with van der Waals surface area (Å²) in [5, 5.41) is 0. The number of hydrogen-bond acceptors (Lipinski definition) is 4. The minimum Gasteiger partial charge on any atom is -0.493 e. The smallest absolute Gasteiger partial charge is 0.305 e. The molecule has 0 unspecified atom stereocenters. The average molecular weight is 236 g/mol. The first-order valence-corrected chi connectivity index (χ1v) is 5.62. The monoisotopic (exact) mass is 236 g/mol. The maximum Gasteiger partial charge on any atom is 0.305 e. The predicted octanol–water partition coefficient (Wildman–Crippen LogP) is 2.12. The molecule has 4 heteroatoms. The van der Waals surface area contributed by atoms with Crippen LogP contribution in [0.4, 0.5) is 0 Å². The Labute approximate surface area is 100 Å². The molecule has 4 nitrogen and oxygen atoms in total. The molecule has 1 aliphatic rings. The molecule has 0 saturated carbocycles. The van der Waals surface area contributed by atoms with Crippen LogP contribution in [0.15, 0.2) is 18.2 Å². The highest BCUT2D eigenvalue weighted by Gasteiger charge is 2.22. The first-order chi connectivity index (χ1) is 8.24. The Bertz CT molecular complexity index is 404. The molecular weight excluding hydrogens is 220 g/mol. The van der Waals surface area contributed by atoms with E-state index in [0.717, 1.165) is 12.0 Å². The van der Waals surface area contributed by atoms with Crippen molar-refractivity contribution < 1.29 is 19.0 Å². The molecular formula is C13H16O4. The number of cyclic esters (lactones) is 1. The molecule has 1 aliphatic heterocycles. The molecule has 0 N–H and O–H groups in total. The van der Waals surface area contributed by atoms with E-state index in [1.807, 2.05) is 18.2 Å². The molecule has 1 atom stereocenters. The van der Waals surface area contributed by atoms with Crippen LogP contribution in [0, 0.1) is 0 Å². The van der Waals surface area contributed by atoms with Gasteiger partial charge in [-0.3, -0.25) is 4.79 Å².